The Morgan fingerprint density at radius 1 is 0.895 bits per heavy atom. The second kappa shape index (κ2) is 10.9. The molecule has 3 aromatic carbocycles. The zero-order valence-corrected chi connectivity index (χ0v) is 22.9. The second-order valence-corrected chi connectivity index (χ2v) is 12.5. The molecule has 0 aliphatic carbocycles. The van der Waals surface area contributed by atoms with Gasteiger partial charge in [0.25, 0.3) is 10.0 Å². The van der Waals surface area contributed by atoms with E-state index in [4.69, 9.17) is 9.47 Å². The molecule has 12 heteroatoms. The summed E-state index contributed by atoms with van der Waals surface area (Å²) in [6.45, 7) is 5.37. The minimum Gasteiger partial charge on any atom is -0.486 e. The van der Waals surface area contributed by atoms with Gasteiger partial charge >= 0.3 is 0 Å². The Kier molecular flexibility index (Phi) is 7.83. The lowest BCUT2D eigenvalue weighted by atomic mass is 10.1. The molecule has 4 rings (SSSR count). The molecule has 1 aliphatic rings. The van der Waals surface area contributed by atoms with Crippen LogP contribution in [0.15, 0.2) is 65.6 Å². The van der Waals surface area contributed by atoms with Crippen molar-refractivity contribution in [2.24, 2.45) is 0 Å². The van der Waals surface area contributed by atoms with Crippen LogP contribution >= 0.6 is 0 Å². The third-order valence-electron chi connectivity index (χ3n) is 5.97. The molecule has 0 bridgehead atoms. The number of carbonyl (C=O) groups excluding carboxylic acids is 1. The van der Waals surface area contributed by atoms with E-state index in [9.17, 15) is 21.6 Å². The van der Waals surface area contributed by atoms with Gasteiger partial charge in [-0.05, 0) is 68.3 Å². The number of nitrogens with zero attached hydrogens (tertiary/aromatic N) is 1. The van der Waals surface area contributed by atoms with Crippen LogP contribution in [0, 0.1) is 13.8 Å². The molecule has 0 saturated carbocycles. The van der Waals surface area contributed by atoms with Gasteiger partial charge in [-0.3, -0.25) is 13.8 Å². The largest absolute Gasteiger partial charge is 0.486 e. The molecule has 0 fully saturated rings. The Morgan fingerprint density at radius 2 is 1.53 bits per heavy atom. The van der Waals surface area contributed by atoms with Crippen molar-refractivity contribution in [1.82, 2.24) is 0 Å². The Labute approximate surface area is 222 Å². The topological polar surface area (TPSA) is 131 Å². The molecule has 0 aromatic heterocycles. The summed E-state index contributed by atoms with van der Waals surface area (Å²) in [6, 6.07) is 15.8. The maximum atomic E-state index is 12.9. The van der Waals surface area contributed by atoms with Crippen molar-refractivity contribution in [3.05, 3.63) is 71.8 Å². The third kappa shape index (κ3) is 6.03. The van der Waals surface area contributed by atoms with Gasteiger partial charge in [0.05, 0.1) is 22.0 Å². The Bertz CT molecular complexity index is 1530. The van der Waals surface area contributed by atoms with Crippen molar-refractivity contribution in [1.29, 1.82) is 0 Å². The standard InChI is InChI=1S/C26H29N3O7S2/c1-4-37(31,32)29(21-10-13-23-24(16-21)36-15-14-35-23)17-25(30)27-20-8-11-22(12-9-20)38(33,34)28-26-18(2)6-5-7-19(26)3/h5-13,16,28H,4,14-15,17H2,1-3H3,(H,27,30). The predicted molar refractivity (Wildman–Crippen MR) is 146 cm³/mol. The van der Waals surface area contributed by atoms with Gasteiger partial charge < -0.3 is 14.8 Å². The van der Waals surface area contributed by atoms with E-state index in [1.807, 2.05) is 32.0 Å². The van der Waals surface area contributed by atoms with Crippen LogP contribution in [-0.4, -0.2) is 48.3 Å². The minimum absolute atomic E-state index is 0.0182. The zero-order chi connectivity index (χ0) is 27.5. The lowest BCUT2D eigenvalue weighted by Crippen LogP contribution is -2.39. The predicted octanol–water partition coefficient (Wildman–Crippen LogP) is 3.67. The minimum atomic E-state index is -3.86. The van der Waals surface area contributed by atoms with Gasteiger partial charge in [0.1, 0.15) is 19.8 Å². The fourth-order valence-electron chi connectivity index (χ4n) is 3.91. The van der Waals surface area contributed by atoms with Crippen LogP contribution in [0.4, 0.5) is 17.1 Å². The van der Waals surface area contributed by atoms with Crippen LogP contribution in [0.2, 0.25) is 0 Å². The summed E-state index contributed by atoms with van der Waals surface area (Å²) in [4.78, 5) is 12.9. The molecule has 1 heterocycles. The molecule has 0 radical (unpaired) electrons. The highest BCUT2D eigenvalue weighted by Crippen LogP contribution is 2.35. The average Bonchev–Trinajstić information content (AvgIpc) is 2.89. The highest BCUT2D eigenvalue weighted by Gasteiger charge is 2.26. The van der Waals surface area contributed by atoms with Gasteiger partial charge in [0.2, 0.25) is 15.9 Å². The normalized spacial score (nSPS) is 13.0. The van der Waals surface area contributed by atoms with Crippen molar-refractivity contribution in [3.63, 3.8) is 0 Å². The van der Waals surface area contributed by atoms with Crippen molar-refractivity contribution >= 4 is 43.0 Å². The van der Waals surface area contributed by atoms with E-state index in [1.165, 1.54) is 37.3 Å². The molecular formula is C26H29N3O7S2. The molecule has 0 atom stereocenters. The molecule has 1 amide bonds. The first-order valence-electron chi connectivity index (χ1n) is 11.9. The number of fused-ring (bicyclic) bond motifs is 1. The highest BCUT2D eigenvalue weighted by molar-refractivity contribution is 7.93. The monoisotopic (exact) mass is 559 g/mol. The SMILES string of the molecule is CCS(=O)(=O)N(CC(=O)Nc1ccc(S(=O)(=O)Nc2c(C)cccc2C)cc1)c1ccc2c(c1)OCCO2. The summed E-state index contributed by atoms with van der Waals surface area (Å²) in [5.74, 6) is 0.0904. The quantitative estimate of drug-likeness (QED) is 0.409. The number of carbonyl (C=O) groups is 1. The lowest BCUT2D eigenvalue weighted by molar-refractivity contribution is -0.114. The number of hydrogen-bond acceptors (Lipinski definition) is 7. The molecule has 10 nitrogen and oxygen atoms in total. The van der Waals surface area contributed by atoms with E-state index in [0.717, 1.165) is 15.4 Å². The summed E-state index contributed by atoms with van der Waals surface area (Å²) in [6.07, 6.45) is 0. The van der Waals surface area contributed by atoms with Crippen molar-refractivity contribution < 1.29 is 31.1 Å². The van der Waals surface area contributed by atoms with E-state index in [1.54, 1.807) is 12.1 Å². The zero-order valence-electron chi connectivity index (χ0n) is 21.2. The smallest absolute Gasteiger partial charge is 0.261 e. The molecule has 1 aliphatic heterocycles. The summed E-state index contributed by atoms with van der Waals surface area (Å²) in [5.41, 5.74) is 2.69. The van der Waals surface area contributed by atoms with Crippen molar-refractivity contribution in [2.45, 2.75) is 25.7 Å². The molecule has 2 N–H and O–H groups in total. The number of anilines is 3. The van der Waals surface area contributed by atoms with Crippen molar-refractivity contribution in [3.8, 4) is 11.5 Å². The van der Waals surface area contributed by atoms with Crippen LogP contribution < -0.4 is 23.8 Å². The highest BCUT2D eigenvalue weighted by atomic mass is 32.2. The lowest BCUT2D eigenvalue weighted by Gasteiger charge is -2.25. The molecule has 0 saturated heterocycles. The Hall–Kier alpha value is -3.77. The summed E-state index contributed by atoms with van der Waals surface area (Å²) >= 11 is 0. The number of hydrogen-bond donors (Lipinski definition) is 2. The summed E-state index contributed by atoms with van der Waals surface area (Å²) < 4.78 is 66.1. The molecule has 38 heavy (non-hydrogen) atoms. The maximum absolute atomic E-state index is 12.9. The number of amides is 1. The first-order chi connectivity index (χ1) is 18.0. The van der Waals surface area contributed by atoms with Gasteiger partial charge in [-0.2, -0.15) is 0 Å². The van der Waals surface area contributed by atoms with E-state index in [-0.39, 0.29) is 16.3 Å². The molecule has 0 unspecified atom stereocenters. The van der Waals surface area contributed by atoms with Gasteiger partial charge in [0.15, 0.2) is 11.5 Å². The first kappa shape index (κ1) is 27.3. The fraction of sp³-hybridized carbons (Fsp3) is 0.269. The first-order valence-corrected chi connectivity index (χ1v) is 15.0. The maximum Gasteiger partial charge on any atom is 0.261 e. The molecule has 0 spiro atoms. The number of sulfonamides is 2. The number of benzene rings is 3. The number of ether oxygens (including phenoxy) is 2. The average molecular weight is 560 g/mol. The Balaban J connectivity index is 1.49. The molecule has 202 valence electrons. The molecule has 3 aromatic rings. The van der Waals surface area contributed by atoms with Gasteiger partial charge in [-0.15, -0.1) is 0 Å². The summed E-state index contributed by atoms with van der Waals surface area (Å²) in [7, 11) is -7.66. The number of nitrogens with one attached hydrogen (secondary N) is 2. The summed E-state index contributed by atoms with van der Waals surface area (Å²) in [5, 5.41) is 2.63. The number of rotatable bonds is 9. The van der Waals surface area contributed by atoms with Crippen molar-refractivity contribution in [2.75, 3.05) is 39.9 Å². The van der Waals surface area contributed by atoms with Crippen LogP contribution in [0.3, 0.4) is 0 Å². The molecular weight excluding hydrogens is 530 g/mol. The number of para-hydroxylation sites is 1. The van der Waals surface area contributed by atoms with Crippen LogP contribution in [0.5, 0.6) is 11.5 Å². The fourth-order valence-corrected chi connectivity index (χ4v) is 6.17. The van der Waals surface area contributed by atoms with Crippen LogP contribution in [-0.2, 0) is 24.8 Å². The van der Waals surface area contributed by atoms with Gasteiger partial charge in [-0.1, -0.05) is 18.2 Å². The van der Waals surface area contributed by atoms with E-state index >= 15 is 0 Å². The van der Waals surface area contributed by atoms with E-state index in [0.29, 0.717) is 36.1 Å². The Morgan fingerprint density at radius 3 is 2.16 bits per heavy atom. The van der Waals surface area contributed by atoms with Gasteiger partial charge in [-0.25, -0.2) is 16.8 Å². The third-order valence-corrected chi connectivity index (χ3v) is 9.07. The van der Waals surface area contributed by atoms with Crippen LogP contribution in [0.1, 0.15) is 18.1 Å². The van der Waals surface area contributed by atoms with Crippen LogP contribution in [0.25, 0.3) is 0 Å². The van der Waals surface area contributed by atoms with E-state index < -0.39 is 32.5 Å². The second-order valence-electron chi connectivity index (χ2n) is 8.68. The van der Waals surface area contributed by atoms with Gasteiger partial charge in [0, 0.05) is 11.8 Å². The van der Waals surface area contributed by atoms with E-state index in [2.05, 4.69) is 10.0 Å². The number of aryl methyl sites for hydroxylation is 2.